The van der Waals surface area contributed by atoms with Crippen molar-refractivity contribution in [3.8, 4) is 0 Å². The van der Waals surface area contributed by atoms with Crippen LogP contribution in [0.25, 0.3) is 0 Å². The Labute approximate surface area is 123 Å². The molecule has 1 atom stereocenters. The van der Waals surface area contributed by atoms with Crippen LogP contribution in [0.1, 0.15) is 17.3 Å². The lowest BCUT2D eigenvalue weighted by atomic mass is 10.2. The second-order valence-corrected chi connectivity index (χ2v) is 6.67. The molecule has 0 heterocycles. The van der Waals surface area contributed by atoms with E-state index in [4.69, 9.17) is 5.11 Å². The zero-order valence-corrected chi connectivity index (χ0v) is 12.8. The highest BCUT2D eigenvalue weighted by molar-refractivity contribution is 7.89. The fourth-order valence-electron chi connectivity index (χ4n) is 1.66. The predicted octanol–water partition coefficient (Wildman–Crippen LogP) is 0.387. The summed E-state index contributed by atoms with van der Waals surface area (Å²) in [4.78, 5) is 22.2. The molecule has 0 aliphatic rings. The van der Waals surface area contributed by atoms with E-state index in [1.807, 2.05) is 0 Å². The quantitative estimate of drug-likeness (QED) is 0.790. The summed E-state index contributed by atoms with van der Waals surface area (Å²) in [6.07, 6.45) is 0. The number of carbonyl (C=O) groups is 2. The third-order valence-corrected chi connectivity index (χ3v) is 4.84. The molecule has 8 heteroatoms. The van der Waals surface area contributed by atoms with Gasteiger partial charge in [-0.25, -0.2) is 12.7 Å². The molecule has 7 nitrogen and oxygen atoms in total. The topological polar surface area (TPSA) is 104 Å². The average molecular weight is 314 g/mol. The molecule has 0 radical (unpaired) electrons. The molecule has 1 rings (SSSR count). The Kier molecular flexibility index (Phi) is 5.45. The van der Waals surface area contributed by atoms with E-state index < -0.39 is 21.9 Å². The lowest BCUT2D eigenvalue weighted by molar-refractivity contribution is -0.141. The third kappa shape index (κ3) is 4.02. The van der Waals surface area contributed by atoms with E-state index in [0.717, 1.165) is 4.31 Å². The van der Waals surface area contributed by atoms with E-state index in [1.54, 1.807) is 0 Å². The fraction of sp³-hybridized carbons (Fsp3) is 0.385. The Bertz CT molecular complexity index is 624. The summed E-state index contributed by atoms with van der Waals surface area (Å²) in [6.45, 7) is 1.30. The number of rotatable bonds is 6. The van der Waals surface area contributed by atoms with Gasteiger partial charge in [0.05, 0.1) is 10.8 Å². The summed E-state index contributed by atoms with van der Waals surface area (Å²) < 4.78 is 25.5. The minimum atomic E-state index is -3.78. The maximum absolute atomic E-state index is 12.3. The standard InChI is InChI=1S/C13H18N2O5S/c1-9(13(17)18)8-15(3)21(19,20)11-6-4-10(5-7-11)12(16)14-2/h4-7,9H,8H2,1-3H3,(H,14,16)(H,17,18). The first-order valence-electron chi connectivity index (χ1n) is 6.21. The summed E-state index contributed by atoms with van der Waals surface area (Å²) in [5.74, 6) is -2.19. The van der Waals surface area contributed by atoms with Gasteiger partial charge < -0.3 is 10.4 Å². The predicted molar refractivity (Wildman–Crippen MR) is 76.4 cm³/mol. The summed E-state index contributed by atoms with van der Waals surface area (Å²) in [5, 5.41) is 11.3. The summed E-state index contributed by atoms with van der Waals surface area (Å²) in [5.41, 5.74) is 0.345. The first kappa shape index (κ1) is 17.1. The SMILES string of the molecule is CNC(=O)c1ccc(S(=O)(=O)N(C)CC(C)C(=O)O)cc1. The van der Waals surface area contributed by atoms with Gasteiger partial charge in [0.1, 0.15) is 0 Å². The van der Waals surface area contributed by atoms with E-state index >= 15 is 0 Å². The molecule has 0 aliphatic carbocycles. The number of aliphatic carboxylic acids is 1. The third-order valence-electron chi connectivity index (χ3n) is 3.00. The Morgan fingerprint density at radius 3 is 2.24 bits per heavy atom. The van der Waals surface area contributed by atoms with Gasteiger partial charge in [0.15, 0.2) is 0 Å². The van der Waals surface area contributed by atoms with Crippen LogP contribution < -0.4 is 5.32 Å². The van der Waals surface area contributed by atoms with Crippen LogP contribution in [0, 0.1) is 5.92 Å². The molecule has 0 saturated carbocycles. The molecule has 1 aromatic rings. The Hall–Kier alpha value is -1.93. The van der Waals surface area contributed by atoms with Crippen LogP contribution in [0.5, 0.6) is 0 Å². The van der Waals surface area contributed by atoms with Crippen LogP contribution in [0.2, 0.25) is 0 Å². The van der Waals surface area contributed by atoms with Gasteiger partial charge in [0.25, 0.3) is 5.91 Å². The van der Waals surface area contributed by atoms with Gasteiger partial charge in [-0.3, -0.25) is 9.59 Å². The molecule has 0 fully saturated rings. The summed E-state index contributed by atoms with van der Waals surface area (Å²) >= 11 is 0. The molecule has 1 unspecified atom stereocenters. The molecule has 0 aromatic heterocycles. The molecular formula is C13H18N2O5S. The van der Waals surface area contributed by atoms with Crippen molar-refractivity contribution in [2.75, 3.05) is 20.6 Å². The van der Waals surface area contributed by atoms with Crippen LogP contribution in [0.15, 0.2) is 29.2 Å². The smallest absolute Gasteiger partial charge is 0.307 e. The van der Waals surface area contributed by atoms with Crippen molar-refractivity contribution in [3.63, 3.8) is 0 Å². The van der Waals surface area contributed by atoms with Crippen LogP contribution >= 0.6 is 0 Å². The van der Waals surface area contributed by atoms with E-state index in [2.05, 4.69) is 5.32 Å². The first-order chi connectivity index (χ1) is 9.70. The van der Waals surface area contributed by atoms with Crippen LogP contribution in [-0.4, -0.2) is 50.3 Å². The van der Waals surface area contributed by atoms with Gasteiger partial charge in [0, 0.05) is 26.2 Å². The number of carboxylic acids is 1. The number of hydrogen-bond donors (Lipinski definition) is 2. The lowest BCUT2D eigenvalue weighted by Crippen LogP contribution is -2.33. The van der Waals surface area contributed by atoms with E-state index in [9.17, 15) is 18.0 Å². The number of benzene rings is 1. The molecule has 21 heavy (non-hydrogen) atoms. The second kappa shape index (κ2) is 6.68. The zero-order valence-electron chi connectivity index (χ0n) is 12.0. The van der Waals surface area contributed by atoms with E-state index in [1.165, 1.54) is 45.3 Å². The van der Waals surface area contributed by atoms with Crippen molar-refractivity contribution >= 4 is 21.9 Å². The zero-order chi connectivity index (χ0) is 16.2. The van der Waals surface area contributed by atoms with Crippen LogP contribution in [0.3, 0.4) is 0 Å². The highest BCUT2D eigenvalue weighted by Crippen LogP contribution is 2.16. The largest absolute Gasteiger partial charge is 0.481 e. The van der Waals surface area contributed by atoms with Gasteiger partial charge in [0.2, 0.25) is 10.0 Å². The fourth-order valence-corrected chi connectivity index (χ4v) is 2.92. The number of nitrogens with zero attached hydrogens (tertiary/aromatic N) is 1. The molecular weight excluding hydrogens is 296 g/mol. The van der Waals surface area contributed by atoms with Crippen LogP contribution in [0.4, 0.5) is 0 Å². The minimum absolute atomic E-state index is 0.00948. The molecule has 1 amide bonds. The number of carboxylic acid groups (broad SMARTS) is 1. The number of nitrogens with one attached hydrogen (secondary N) is 1. The highest BCUT2D eigenvalue weighted by Gasteiger charge is 2.24. The van der Waals surface area contributed by atoms with E-state index in [-0.39, 0.29) is 17.3 Å². The summed E-state index contributed by atoms with van der Waals surface area (Å²) in [7, 11) is -0.977. The molecule has 0 saturated heterocycles. The molecule has 1 aromatic carbocycles. The average Bonchev–Trinajstić information content (AvgIpc) is 2.46. The molecule has 0 bridgehead atoms. The van der Waals surface area contributed by atoms with Gasteiger partial charge in [-0.1, -0.05) is 6.92 Å². The monoisotopic (exact) mass is 314 g/mol. The summed E-state index contributed by atoms with van der Waals surface area (Å²) in [6, 6.07) is 5.45. The Morgan fingerprint density at radius 1 is 1.29 bits per heavy atom. The van der Waals surface area contributed by atoms with Gasteiger partial charge in [-0.15, -0.1) is 0 Å². The molecule has 2 N–H and O–H groups in total. The number of amides is 1. The first-order valence-corrected chi connectivity index (χ1v) is 7.65. The molecule has 116 valence electrons. The molecule has 0 spiro atoms. The maximum Gasteiger partial charge on any atom is 0.307 e. The molecule has 0 aliphatic heterocycles. The van der Waals surface area contributed by atoms with Crippen molar-refractivity contribution in [2.45, 2.75) is 11.8 Å². The van der Waals surface area contributed by atoms with Gasteiger partial charge in [-0.2, -0.15) is 0 Å². The van der Waals surface area contributed by atoms with Gasteiger partial charge in [-0.05, 0) is 24.3 Å². The Morgan fingerprint density at radius 2 is 1.81 bits per heavy atom. The van der Waals surface area contributed by atoms with Crippen molar-refractivity contribution in [3.05, 3.63) is 29.8 Å². The lowest BCUT2D eigenvalue weighted by Gasteiger charge is -2.19. The Balaban J connectivity index is 2.97. The van der Waals surface area contributed by atoms with E-state index in [0.29, 0.717) is 5.56 Å². The second-order valence-electron chi connectivity index (χ2n) is 4.63. The highest BCUT2D eigenvalue weighted by atomic mass is 32.2. The van der Waals surface area contributed by atoms with Crippen molar-refractivity contribution in [2.24, 2.45) is 5.92 Å². The number of hydrogen-bond acceptors (Lipinski definition) is 4. The van der Waals surface area contributed by atoms with Gasteiger partial charge >= 0.3 is 5.97 Å². The minimum Gasteiger partial charge on any atom is -0.481 e. The van der Waals surface area contributed by atoms with Crippen molar-refractivity contribution in [1.82, 2.24) is 9.62 Å². The maximum atomic E-state index is 12.3. The normalized spacial score (nSPS) is 13.0. The van der Waals surface area contributed by atoms with Crippen molar-refractivity contribution in [1.29, 1.82) is 0 Å². The number of carbonyl (C=O) groups excluding carboxylic acids is 1. The number of sulfonamides is 1. The van der Waals surface area contributed by atoms with Crippen molar-refractivity contribution < 1.29 is 23.1 Å². The van der Waals surface area contributed by atoms with Crippen LogP contribution in [-0.2, 0) is 14.8 Å².